The molecule has 0 radical (unpaired) electrons. The predicted octanol–water partition coefficient (Wildman–Crippen LogP) is 4.80. The van der Waals surface area contributed by atoms with Gasteiger partial charge in [-0.05, 0) is 38.0 Å². The van der Waals surface area contributed by atoms with Crippen molar-refractivity contribution in [3.63, 3.8) is 0 Å². The van der Waals surface area contributed by atoms with Crippen LogP contribution in [-0.2, 0) is 29.9 Å². The Morgan fingerprint density at radius 1 is 1.26 bits per heavy atom. The molecule has 2 heterocycles. The molecule has 10 heteroatoms. The number of halogens is 4. The minimum atomic E-state index is -4.66. The number of nitrogens with zero attached hydrogens (tertiary/aromatic N) is 3. The number of hydrogen-bond acceptors (Lipinski definition) is 3. The number of amides is 1. The summed E-state index contributed by atoms with van der Waals surface area (Å²) in [7, 11) is 1.85. The van der Waals surface area contributed by atoms with Gasteiger partial charge in [-0.2, -0.15) is 18.2 Å². The third-order valence-corrected chi connectivity index (χ3v) is 5.63. The Balaban J connectivity index is 2.10. The topological polar surface area (TPSA) is 57.8 Å². The molecule has 0 saturated carbocycles. The van der Waals surface area contributed by atoms with Gasteiger partial charge in [0.15, 0.2) is 5.49 Å². The fourth-order valence-corrected chi connectivity index (χ4v) is 3.93. The molecule has 0 spiro atoms. The van der Waals surface area contributed by atoms with E-state index in [4.69, 9.17) is 9.47 Å². The monoisotopic (exact) mass is 485 g/mol. The fourth-order valence-electron chi connectivity index (χ4n) is 3.93. The first-order valence-corrected chi connectivity index (χ1v) is 11.2. The molecule has 1 aromatic heterocycles. The number of carbonyl (C=O) groups excluding carboxylic acids is 1. The van der Waals surface area contributed by atoms with Crippen molar-refractivity contribution in [2.45, 2.75) is 70.9 Å². The Labute approximate surface area is 196 Å². The van der Waals surface area contributed by atoms with E-state index in [1.165, 1.54) is 6.92 Å². The van der Waals surface area contributed by atoms with E-state index in [0.717, 1.165) is 30.7 Å². The molecule has 1 aliphatic rings. The van der Waals surface area contributed by atoms with Gasteiger partial charge in [-0.15, -0.1) is 0 Å². The molecule has 1 amide bonds. The molecule has 0 bridgehead atoms. The summed E-state index contributed by atoms with van der Waals surface area (Å²) in [6.07, 6.45) is -4.27. The second kappa shape index (κ2) is 9.93. The molecule has 0 unspecified atom stereocenters. The standard InChI is InChI=1S/C24H31F4N3O3/c1-15(25)14-34-19-9-8-16(24(26,27)28)11-18(19)22(32)29-21-12-20(23(2,3)4)30(5)31(21)13-17-7-6-10-33-17/h8-9,11-12,15,17H,6-7,10,13-14H2,1-5H3/b29-21+/t15-,17-/m1/s1. The van der Waals surface area contributed by atoms with E-state index >= 15 is 0 Å². The van der Waals surface area contributed by atoms with Gasteiger partial charge in [-0.3, -0.25) is 14.2 Å². The van der Waals surface area contributed by atoms with Crippen LogP contribution in [0.3, 0.4) is 0 Å². The number of rotatable bonds is 6. The first kappa shape index (κ1) is 26.0. The quantitative estimate of drug-likeness (QED) is 0.553. The van der Waals surface area contributed by atoms with Crippen molar-refractivity contribution in [2.75, 3.05) is 13.2 Å². The number of ether oxygens (including phenoxy) is 2. The van der Waals surface area contributed by atoms with Crippen LogP contribution in [0.4, 0.5) is 17.6 Å². The average Bonchev–Trinajstić information content (AvgIpc) is 3.34. The lowest BCUT2D eigenvalue weighted by Gasteiger charge is -2.21. The van der Waals surface area contributed by atoms with Gasteiger partial charge in [0.2, 0.25) is 0 Å². The fraction of sp³-hybridized carbons (Fsp3) is 0.583. The van der Waals surface area contributed by atoms with Crippen molar-refractivity contribution in [3.05, 3.63) is 46.6 Å². The smallest absolute Gasteiger partial charge is 0.416 e. The molecule has 1 fully saturated rings. The Bertz CT molecular complexity index is 1090. The number of hydrogen-bond donors (Lipinski definition) is 0. The molecular formula is C24H31F4N3O3. The molecule has 1 saturated heterocycles. The lowest BCUT2D eigenvalue weighted by Crippen LogP contribution is -2.30. The molecule has 1 aromatic carbocycles. The number of aromatic nitrogens is 2. The summed E-state index contributed by atoms with van der Waals surface area (Å²) >= 11 is 0. The lowest BCUT2D eigenvalue weighted by molar-refractivity contribution is -0.137. The maximum Gasteiger partial charge on any atom is 0.416 e. The highest BCUT2D eigenvalue weighted by Gasteiger charge is 2.32. The van der Waals surface area contributed by atoms with Crippen molar-refractivity contribution < 1.29 is 31.8 Å². The zero-order chi connectivity index (χ0) is 25.3. The molecule has 2 aromatic rings. The van der Waals surface area contributed by atoms with Gasteiger partial charge in [0.25, 0.3) is 5.91 Å². The third kappa shape index (κ3) is 6.08. The number of alkyl halides is 4. The van der Waals surface area contributed by atoms with Crippen LogP contribution in [0.1, 0.15) is 62.2 Å². The summed E-state index contributed by atoms with van der Waals surface area (Å²) in [6.45, 7) is 8.00. The van der Waals surface area contributed by atoms with Crippen LogP contribution >= 0.6 is 0 Å². The molecule has 3 rings (SSSR count). The molecule has 0 aliphatic carbocycles. The summed E-state index contributed by atoms with van der Waals surface area (Å²) in [5.74, 6) is -1.05. The Kier molecular flexibility index (Phi) is 7.59. The molecule has 34 heavy (non-hydrogen) atoms. The molecule has 2 atom stereocenters. The first-order valence-electron chi connectivity index (χ1n) is 11.2. The average molecular weight is 486 g/mol. The van der Waals surface area contributed by atoms with E-state index in [1.54, 1.807) is 10.7 Å². The van der Waals surface area contributed by atoms with Crippen LogP contribution in [-0.4, -0.2) is 40.8 Å². The van der Waals surface area contributed by atoms with Crippen LogP contribution < -0.4 is 10.2 Å². The largest absolute Gasteiger partial charge is 0.490 e. The Morgan fingerprint density at radius 2 is 1.97 bits per heavy atom. The van der Waals surface area contributed by atoms with E-state index in [0.29, 0.717) is 24.7 Å². The van der Waals surface area contributed by atoms with Crippen LogP contribution in [0.5, 0.6) is 5.75 Å². The van der Waals surface area contributed by atoms with Crippen molar-refractivity contribution in [1.82, 2.24) is 9.36 Å². The first-order chi connectivity index (χ1) is 15.8. The zero-order valence-corrected chi connectivity index (χ0v) is 20.1. The van der Waals surface area contributed by atoms with Gasteiger partial charge in [0.1, 0.15) is 18.5 Å². The summed E-state index contributed by atoms with van der Waals surface area (Å²) < 4.78 is 68.0. The van der Waals surface area contributed by atoms with Crippen molar-refractivity contribution in [2.24, 2.45) is 12.0 Å². The number of carbonyl (C=O) groups is 1. The van der Waals surface area contributed by atoms with Gasteiger partial charge in [-0.25, -0.2) is 4.39 Å². The summed E-state index contributed by atoms with van der Waals surface area (Å²) in [5, 5.41) is 0. The predicted molar refractivity (Wildman–Crippen MR) is 118 cm³/mol. The van der Waals surface area contributed by atoms with E-state index in [9.17, 15) is 22.4 Å². The summed E-state index contributed by atoms with van der Waals surface area (Å²) in [6, 6.07) is 4.28. The van der Waals surface area contributed by atoms with Crippen molar-refractivity contribution >= 4 is 5.91 Å². The van der Waals surface area contributed by atoms with Crippen molar-refractivity contribution in [1.29, 1.82) is 0 Å². The van der Waals surface area contributed by atoms with E-state index < -0.39 is 30.4 Å². The molecule has 6 nitrogen and oxygen atoms in total. The molecule has 188 valence electrons. The molecule has 0 N–H and O–H groups in total. The highest BCUT2D eigenvalue weighted by molar-refractivity contribution is 5.97. The van der Waals surface area contributed by atoms with Crippen LogP contribution in [0, 0.1) is 0 Å². The Morgan fingerprint density at radius 3 is 2.53 bits per heavy atom. The Hall–Kier alpha value is -2.62. The lowest BCUT2D eigenvalue weighted by atomic mass is 9.92. The van der Waals surface area contributed by atoms with Crippen LogP contribution in [0.15, 0.2) is 29.3 Å². The molecular weight excluding hydrogens is 454 g/mol. The maximum absolute atomic E-state index is 13.3. The minimum absolute atomic E-state index is 0.0473. The SMILES string of the molecule is C[C@@H](F)COc1ccc(C(F)(F)F)cc1C(=O)/N=c1\cc(C(C)(C)C)n(C)n1C[C@H]1CCCO1. The maximum atomic E-state index is 13.3. The van der Waals surface area contributed by atoms with Gasteiger partial charge >= 0.3 is 6.18 Å². The minimum Gasteiger partial charge on any atom is -0.490 e. The second-order valence-corrected chi connectivity index (χ2v) is 9.60. The summed E-state index contributed by atoms with van der Waals surface area (Å²) in [4.78, 5) is 17.3. The van der Waals surface area contributed by atoms with Gasteiger partial charge < -0.3 is 9.47 Å². The number of benzene rings is 1. The zero-order valence-electron chi connectivity index (χ0n) is 20.1. The van der Waals surface area contributed by atoms with E-state index in [-0.39, 0.29) is 22.8 Å². The summed E-state index contributed by atoms with van der Waals surface area (Å²) in [5.41, 5.74) is -0.465. The van der Waals surface area contributed by atoms with E-state index in [1.807, 2.05) is 32.5 Å². The second-order valence-electron chi connectivity index (χ2n) is 9.60. The van der Waals surface area contributed by atoms with Gasteiger partial charge in [-0.1, -0.05) is 20.8 Å². The van der Waals surface area contributed by atoms with Crippen molar-refractivity contribution in [3.8, 4) is 5.75 Å². The molecule has 1 aliphatic heterocycles. The highest BCUT2D eigenvalue weighted by Crippen LogP contribution is 2.33. The normalized spacial score (nSPS) is 18.4. The third-order valence-electron chi connectivity index (χ3n) is 5.63. The van der Waals surface area contributed by atoms with Crippen LogP contribution in [0.25, 0.3) is 0 Å². The van der Waals surface area contributed by atoms with Gasteiger partial charge in [0.05, 0.1) is 23.8 Å². The van der Waals surface area contributed by atoms with Gasteiger partial charge in [0, 0.05) is 30.8 Å². The highest BCUT2D eigenvalue weighted by atomic mass is 19.4. The van der Waals surface area contributed by atoms with E-state index in [2.05, 4.69) is 4.99 Å². The van der Waals surface area contributed by atoms with Crippen LogP contribution in [0.2, 0.25) is 0 Å².